The molecule has 2 aromatic rings. The summed E-state index contributed by atoms with van der Waals surface area (Å²) in [5.74, 6) is 0.157. The summed E-state index contributed by atoms with van der Waals surface area (Å²) >= 11 is 0. The van der Waals surface area contributed by atoms with Crippen molar-refractivity contribution in [2.24, 2.45) is 0 Å². The third-order valence-corrected chi connectivity index (χ3v) is 4.43. The Morgan fingerprint density at radius 1 is 1.41 bits per heavy atom. The fourth-order valence-electron chi connectivity index (χ4n) is 3.26. The van der Waals surface area contributed by atoms with Crippen LogP contribution in [0.25, 0.3) is 0 Å². The number of hydrogen-bond donors (Lipinski definition) is 0. The molecule has 1 aliphatic heterocycles. The first-order chi connectivity index (χ1) is 10.6. The number of piperidine rings is 1. The molecular formula is C16H23N5O. The number of rotatable bonds is 3. The van der Waals surface area contributed by atoms with Crippen molar-refractivity contribution in [1.82, 2.24) is 24.2 Å². The van der Waals surface area contributed by atoms with Crippen molar-refractivity contribution in [3.8, 4) is 0 Å². The van der Waals surface area contributed by atoms with E-state index >= 15 is 0 Å². The van der Waals surface area contributed by atoms with Crippen LogP contribution in [0.1, 0.15) is 43.2 Å². The van der Waals surface area contributed by atoms with Gasteiger partial charge in [-0.2, -0.15) is 5.10 Å². The zero-order valence-corrected chi connectivity index (χ0v) is 13.4. The minimum absolute atomic E-state index is 0.157. The summed E-state index contributed by atoms with van der Waals surface area (Å²) < 4.78 is 3.94. The maximum Gasteiger partial charge on any atom is 0.245 e. The molecule has 0 radical (unpaired) electrons. The highest BCUT2D eigenvalue weighted by molar-refractivity contribution is 5.80. The molecule has 0 unspecified atom stereocenters. The van der Waals surface area contributed by atoms with Gasteiger partial charge in [0.1, 0.15) is 6.04 Å². The molecule has 1 saturated heterocycles. The minimum atomic E-state index is -0.207. The molecule has 0 spiro atoms. The summed E-state index contributed by atoms with van der Waals surface area (Å²) in [6.45, 7) is 7.58. The summed E-state index contributed by atoms with van der Waals surface area (Å²) in [7, 11) is 0. The highest BCUT2D eigenvalue weighted by Crippen LogP contribution is 2.24. The largest absolute Gasteiger partial charge is 0.339 e. The lowest BCUT2D eigenvalue weighted by Crippen LogP contribution is -2.43. The third-order valence-electron chi connectivity index (χ3n) is 4.43. The van der Waals surface area contributed by atoms with E-state index < -0.39 is 0 Å². The van der Waals surface area contributed by atoms with Crippen LogP contribution in [0.15, 0.2) is 24.8 Å². The number of nitrogens with zero attached hydrogens (tertiary/aromatic N) is 5. The molecule has 6 heteroatoms. The van der Waals surface area contributed by atoms with Gasteiger partial charge in [0.05, 0.1) is 18.1 Å². The van der Waals surface area contributed by atoms with Crippen molar-refractivity contribution in [3.05, 3.63) is 36.2 Å². The van der Waals surface area contributed by atoms with E-state index in [4.69, 9.17) is 0 Å². The maximum atomic E-state index is 12.7. The highest BCUT2D eigenvalue weighted by atomic mass is 16.2. The van der Waals surface area contributed by atoms with E-state index in [1.165, 1.54) is 5.69 Å². The molecular weight excluding hydrogens is 278 g/mol. The van der Waals surface area contributed by atoms with Gasteiger partial charge in [-0.05, 0) is 39.7 Å². The molecule has 0 aliphatic carbocycles. The number of carbonyl (C=O) groups is 1. The Kier molecular flexibility index (Phi) is 4.00. The van der Waals surface area contributed by atoms with Gasteiger partial charge in [0.2, 0.25) is 5.91 Å². The van der Waals surface area contributed by atoms with Crippen LogP contribution < -0.4 is 0 Å². The van der Waals surface area contributed by atoms with Crippen molar-refractivity contribution in [2.75, 3.05) is 13.1 Å². The van der Waals surface area contributed by atoms with Gasteiger partial charge < -0.3 is 9.47 Å². The first-order valence-electron chi connectivity index (χ1n) is 7.85. The highest BCUT2D eigenvalue weighted by Gasteiger charge is 2.29. The van der Waals surface area contributed by atoms with Crippen LogP contribution in [0.2, 0.25) is 0 Å². The zero-order chi connectivity index (χ0) is 15.7. The summed E-state index contributed by atoms with van der Waals surface area (Å²) in [4.78, 5) is 18.7. The number of aromatic nitrogens is 4. The fraction of sp³-hybridized carbons (Fsp3) is 0.562. The average molecular weight is 301 g/mol. The van der Waals surface area contributed by atoms with Gasteiger partial charge in [-0.15, -0.1) is 0 Å². The molecule has 0 bridgehead atoms. The van der Waals surface area contributed by atoms with Crippen molar-refractivity contribution < 1.29 is 4.79 Å². The van der Waals surface area contributed by atoms with E-state index in [0.29, 0.717) is 0 Å². The second-order valence-electron chi connectivity index (χ2n) is 6.14. The summed E-state index contributed by atoms with van der Waals surface area (Å²) in [5.41, 5.74) is 2.20. The number of carbonyl (C=O) groups excluding carboxylic acids is 1. The first kappa shape index (κ1) is 14.8. The fourth-order valence-corrected chi connectivity index (χ4v) is 3.26. The van der Waals surface area contributed by atoms with E-state index in [2.05, 4.69) is 27.8 Å². The van der Waals surface area contributed by atoms with Crippen molar-refractivity contribution in [1.29, 1.82) is 0 Å². The van der Waals surface area contributed by atoms with Gasteiger partial charge in [-0.3, -0.25) is 9.48 Å². The topological polar surface area (TPSA) is 56.0 Å². The average Bonchev–Trinajstić information content (AvgIpc) is 3.15. The summed E-state index contributed by atoms with van der Waals surface area (Å²) in [6.07, 6.45) is 7.34. The smallest absolute Gasteiger partial charge is 0.245 e. The van der Waals surface area contributed by atoms with Crippen LogP contribution in [0.5, 0.6) is 0 Å². The number of likely N-dealkylation sites (tertiary alicyclic amines) is 1. The number of amides is 1. The van der Waals surface area contributed by atoms with Gasteiger partial charge in [0.25, 0.3) is 0 Å². The second-order valence-corrected chi connectivity index (χ2v) is 6.14. The normalized spacial score (nSPS) is 20.1. The predicted molar refractivity (Wildman–Crippen MR) is 83.5 cm³/mol. The van der Waals surface area contributed by atoms with Crippen LogP contribution in [0, 0.1) is 13.8 Å². The molecule has 1 amide bonds. The van der Waals surface area contributed by atoms with E-state index in [9.17, 15) is 4.79 Å². The molecule has 0 N–H and O–H groups in total. The Hall–Kier alpha value is -2.11. The molecule has 118 valence electrons. The lowest BCUT2D eigenvalue weighted by molar-refractivity contribution is -0.136. The molecule has 0 saturated carbocycles. The van der Waals surface area contributed by atoms with Crippen LogP contribution in [0.3, 0.4) is 0 Å². The Morgan fingerprint density at radius 3 is 2.86 bits per heavy atom. The van der Waals surface area contributed by atoms with Crippen LogP contribution in [0.4, 0.5) is 0 Å². The molecule has 22 heavy (non-hydrogen) atoms. The predicted octanol–water partition coefficient (Wildman–Crippen LogP) is 2.12. The van der Waals surface area contributed by atoms with Gasteiger partial charge in [0.15, 0.2) is 0 Å². The molecule has 2 aromatic heterocycles. The maximum absolute atomic E-state index is 12.7. The molecule has 1 fully saturated rings. The van der Waals surface area contributed by atoms with E-state index in [1.807, 2.05) is 29.5 Å². The Balaban J connectivity index is 1.73. The molecule has 3 heterocycles. The Morgan fingerprint density at radius 2 is 2.23 bits per heavy atom. The van der Waals surface area contributed by atoms with E-state index in [1.54, 1.807) is 12.5 Å². The Labute approximate surface area is 130 Å². The number of hydrogen-bond acceptors (Lipinski definition) is 3. The molecule has 2 atom stereocenters. The molecule has 0 aromatic carbocycles. The Bertz CT molecular complexity index is 646. The lowest BCUT2D eigenvalue weighted by Gasteiger charge is -2.35. The number of aryl methyl sites for hydroxylation is 2. The van der Waals surface area contributed by atoms with Gasteiger partial charge in [-0.25, -0.2) is 4.98 Å². The molecule has 6 nitrogen and oxygen atoms in total. The third kappa shape index (κ3) is 2.77. The second kappa shape index (κ2) is 5.94. The standard InChI is InChI=1S/C16H23N5O/c1-12-9-13(2)21(18-12)15-5-4-7-19(10-15)16(22)14(3)20-8-6-17-11-20/h6,8-9,11,14-15H,4-5,7,10H2,1-3H3/t14-,15+/m1/s1. The van der Waals surface area contributed by atoms with E-state index in [-0.39, 0.29) is 18.0 Å². The van der Waals surface area contributed by atoms with Crippen LogP contribution >= 0.6 is 0 Å². The van der Waals surface area contributed by atoms with Crippen LogP contribution in [-0.2, 0) is 4.79 Å². The van der Waals surface area contributed by atoms with Crippen molar-refractivity contribution in [2.45, 2.75) is 45.7 Å². The van der Waals surface area contributed by atoms with Gasteiger partial charge in [-0.1, -0.05) is 0 Å². The SMILES string of the molecule is Cc1cc(C)n([C@H]2CCCN(C(=O)[C@@H](C)n3ccnc3)C2)n1. The van der Waals surface area contributed by atoms with Crippen molar-refractivity contribution in [3.63, 3.8) is 0 Å². The minimum Gasteiger partial charge on any atom is -0.339 e. The van der Waals surface area contributed by atoms with E-state index in [0.717, 1.165) is 31.6 Å². The summed E-state index contributed by atoms with van der Waals surface area (Å²) in [6, 6.07) is 2.16. The van der Waals surface area contributed by atoms with Gasteiger partial charge in [0, 0.05) is 31.2 Å². The van der Waals surface area contributed by atoms with Crippen LogP contribution in [-0.4, -0.2) is 43.2 Å². The number of imidazole rings is 1. The zero-order valence-electron chi connectivity index (χ0n) is 13.4. The van der Waals surface area contributed by atoms with Crippen molar-refractivity contribution >= 4 is 5.91 Å². The summed E-state index contributed by atoms with van der Waals surface area (Å²) in [5, 5.41) is 4.59. The quantitative estimate of drug-likeness (QED) is 0.872. The molecule has 1 aliphatic rings. The molecule has 3 rings (SSSR count). The lowest BCUT2D eigenvalue weighted by atomic mass is 10.0. The monoisotopic (exact) mass is 301 g/mol. The van der Waals surface area contributed by atoms with Gasteiger partial charge >= 0.3 is 0 Å². The first-order valence-corrected chi connectivity index (χ1v) is 7.85.